The van der Waals surface area contributed by atoms with Crippen molar-refractivity contribution in [3.8, 4) is 5.75 Å². The third kappa shape index (κ3) is 2.83. The van der Waals surface area contributed by atoms with Crippen LogP contribution in [-0.4, -0.2) is 19.0 Å². The number of allylic oxidation sites excluding steroid dienone is 2. The van der Waals surface area contributed by atoms with Crippen LogP contribution in [0.2, 0.25) is 0 Å². The van der Waals surface area contributed by atoms with Gasteiger partial charge < -0.3 is 29.9 Å². The van der Waals surface area contributed by atoms with E-state index in [1.807, 2.05) is 0 Å². The molecule has 0 saturated carbocycles. The van der Waals surface area contributed by atoms with Gasteiger partial charge in [0, 0.05) is 11.5 Å². The predicted octanol–water partition coefficient (Wildman–Crippen LogP) is 1.25. The van der Waals surface area contributed by atoms with Crippen molar-refractivity contribution in [1.29, 1.82) is 0 Å². The summed E-state index contributed by atoms with van der Waals surface area (Å²) in [4.78, 5) is 22.4. The number of aromatic carboxylic acids is 2. The van der Waals surface area contributed by atoms with Crippen LogP contribution in [0, 0.1) is 5.92 Å². The first-order chi connectivity index (χ1) is 13.0. The number of carbonyl (C=O) groups excluding carboxylic acids is 2. The second-order valence-electron chi connectivity index (χ2n) is 6.82. The summed E-state index contributed by atoms with van der Waals surface area (Å²) in [5.41, 5.74) is 2.80. The van der Waals surface area contributed by atoms with Gasteiger partial charge >= 0.3 is 0 Å². The highest BCUT2D eigenvalue weighted by Crippen LogP contribution is 2.52. The topological polar surface area (TPSA) is 102 Å². The average Bonchev–Trinajstić information content (AvgIpc) is 3.16. The fourth-order valence-electron chi connectivity index (χ4n) is 4.10. The van der Waals surface area contributed by atoms with Crippen LogP contribution in [0.4, 0.5) is 5.69 Å². The van der Waals surface area contributed by atoms with E-state index in [4.69, 9.17) is 4.74 Å². The summed E-state index contributed by atoms with van der Waals surface area (Å²) in [6.07, 6.45) is 5.01. The van der Waals surface area contributed by atoms with Gasteiger partial charge in [0.2, 0.25) is 0 Å². The first-order valence-corrected chi connectivity index (χ1v) is 8.67. The summed E-state index contributed by atoms with van der Waals surface area (Å²) < 4.78 is 5.42. The van der Waals surface area contributed by atoms with Gasteiger partial charge in [0.1, 0.15) is 5.75 Å². The Bertz CT molecular complexity index is 948. The number of anilines is 1. The van der Waals surface area contributed by atoms with E-state index in [1.165, 1.54) is 25.3 Å². The highest BCUT2D eigenvalue weighted by Gasteiger charge is 2.39. The smallest absolute Gasteiger partial charge is 0.142 e. The van der Waals surface area contributed by atoms with E-state index in [1.54, 1.807) is 18.2 Å². The Kier molecular flexibility index (Phi) is 4.11. The van der Waals surface area contributed by atoms with Crippen molar-refractivity contribution in [3.05, 3.63) is 70.8 Å². The highest BCUT2D eigenvalue weighted by molar-refractivity contribution is 5.89. The lowest BCUT2D eigenvalue weighted by Crippen LogP contribution is -2.30. The zero-order chi connectivity index (χ0) is 19.1. The van der Waals surface area contributed by atoms with Crippen LogP contribution in [0.25, 0.3) is 0 Å². The third-order valence-corrected chi connectivity index (χ3v) is 5.39. The van der Waals surface area contributed by atoms with Gasteiger partial charge in [-0.1, -0.05) is 36.4 Å². The number of nitrogens with one attached hydrogen (secondary N) is 1. The van der Waals surface area contributed by atoms with Crippen LogP contribution in [0.5, 0.6) is 5.75 Å². The molecular formula is C21H17NO5-2. The van der Waals surface area contributed by atoms with Gasteiger partial charge in [-0.2, -0.15) is 0 Å². The number of rotatable bonds is 4. The van der Waals surface area contributed by atoms with Gasteiger partial charge in [0.25, 0.3) is 0 Å². The standard InChI is InChI=1S/C21H19NO5/c1-27-17-10-13(21(25)26)9-16-14-3-2-4-15(14)18(22-19(16)17)11-5-7-12(8-6-11)20(23)24/h2-3,5-10,14-15,18,22H,4H2,1H3,(H,23,24)(H,25,26)/p-2/t14-,15+,18-/m1/s1. The summed E-state index contributed by atoms with van der Waals surface area (Å²) >= 11 is 0. The van der Waals surface area contributed by atoms with E-state index in [9.17, 15) is 19.8 Å². The van der Waals surface area contributed by atoms with Gasteiger partial charge in [-0.3, -0.25) is 0 Å². The molecule has 3 atom stereocenters. The summed E-state index contributed by atoms with van der Waals surface area (Å²) in [6, 6.07) is 9.68. The number of hydrogen-bond acceptors (Lipinski definition) is 6. The number of ether oxygens (including phenoxy) is 1. The number of carboxylic acids is 2. The molecule has 2 aliphatic rings. The molecule has 1 aliphatic heterocycles. The second kappa shape index (κ2) is 6.46. The number of methoxy groups -OCH3 is 1. The maximum Gasteiger partial charge on any atom is 0.142 e. The normalized spacial score (nSPS) is 22.5. The summed E-state index contributed by atoms with van der Waals surface area (Å²) in [6.45, 7) is 0. The first-order valence-electron chi connectivity index (χ1n) is 8.67. The number of carboxylic acid groups (broad SMARTS) is 2. The van der Waals surface area contributed by atoms with E-state index in [0.717, 1.165) is 23.2 Å². The minimum atomic E-state index is -1.24. The molecule has 0 fully saturated rings. The Morgan fingerprint density at radius 3 is 2.41 bits per heavy atom. The zero-order valence-electron chi connectivity index (χ0n) is 14.6. The zero-order valence-corrected chi connectivity index (χ0v) is 14.6. The van der Waals surface area contributed by atoms with E-state index in [0.29, 0.717) is 5.75 Å². The van der Waals surface area contributed by atoms with Crippen molar-refractivity contribution in [2.75, 3.05) is 12.4 Å². The van der Waals surface area contributed by atoms with Gasteiger partial charge in [-0.15, -0.1) is 0 Å². The van der Waals surface area contributed by atoms with Crippen LogP contribution < -0.4 is 20.3 Å². The minimum Gasteiger partial charge on any atom is -0.545 e. The van der Waals surface area contributed by atoms with Crippen molar-refractivity contribution in [1.82, 2.24) is 0 Å². The molecule has 2 aromatic rings. The second-order valence-corrected chi connectivity index (χ2v) is 6.82. The lowest BCUT2D eigenvalue weighted by Gasteiger charge is -2.38. The van der Waals surface area contributed by atoms with Gasteiger partial charge in [0.05, 0.1) is 30.8 Å². The molecule has 1 aliphatic carbocycles. The van der Waals surface area contributed by atoms with E-state index < -0.39 is 11.9 Å². The van der Waals surface area contributed by atoms with Crippen LogP contribution in [0.3, 0.4) is 0 Å². The third-order valence-electron chi connectivity index (χ3n) is 5.39. The average molecular weight is 363 g/mol. The molecule has 0 unspecified atom stereocenters. The lowest BCUT2D eigenvalue weighted by molar-refractivity contribution is -0.256. The predicted molar refractivity (Wildman–Crippen MR) is 94.4 cm³/mol. The molecule has 6 heteroatoms. The van der Waals surface area contributed by atoms with Gasteiger partial charge in [0.15, 0.2) is 0 Å². The largest absolute Gasteiger partial charge is 0.545 e. The van der Waals surface area contributed by atoms with Crippen LogP contribution in [0.1, 0.15) is 50.2 Å². The fourth-order valence-corrected chi connectivity index (χ4v) is 4.10. The van der Waals surface area contributed by atoms with E-state index in [2.05, 4.69) is 17.5 Å². The van der Waals surface area contributed by atoms with Gasteiger partial charge in [-0.25, -0.2) is 0 Å². The molecule has 0 saturated heterocycles. The monoisotopic (exact) mass is 363 g/mol. The molecule has 6 nitrogen and oxygen atoms in total. The SMILES string of the molecule is COc1cc(C(=O)[O-])cc2c1N[C@H](c1ccc(C(=O)[O-])cc1)[C@H]1CC=C[C@@H]21. The van der Waals surface area contributed by atoms with Crippen molar-refractivity contribution in [2.24, 2.45) is 5.92 Å². The molecule has 138 valence electrons. The number of hydrogen-bond donors (Lipinski definition) is 1. The number of fused-ring (bicyclic) bond motifs is 3. The van der Waals surface area contributed by atoms with E-state index in [-0.39, 0.29) is 29.0 Å². The quantitative estimate of drug-likeness (QED) is 0.821. The van der Waals surface area contributed by atoms with Crippen LogP contribution in [-0.2, 0) is 0 Å². The number of carbonyl (C=O) groups is 2. The molecule has 0 radical (unpaired) electrons. The number of benzene rings is 2. The molecule has 27 heavy (non-hydrogen) atoms. The molecular weight excluding hydrogens is 346 g/mol. The van der Waals surface area contributed by atoms with Crippen molar-refractivity contribution in [3.63, 3.8) is 0 Å². The Hall–Kier alpha value is -3.28. The lowest BCUT2D eigenvalue weighted by atomic mass is 9.76. The van der Waals surface area contributed by atoms with E-state index >= 15 is 0 Å². The molecule has 0 bridgehead atoms. The molecule has 2 aromatic carbocycles. The van der Waals surface area contributed by atoms with Crippen molar-refractivity contribution in [2.45, 2.75) is 18.4 Å². The minimum absolute atomic E-state index is 0.0419. The van der Waals surface area contributed by atoms with Crippen LogP contribution in [0.15, 0.2) is 48.6 Å². The van der Waals surface area contributed by atoms with Gasteiger partial charge in [-0.05, 0) is 41.2 Å². The molecule has 0 aromatic heterocycles. The molecule has 0 amide bonds. The maximum absolute atomic E-state index is 11.4. The van der Waals surface area contributed by atoms with Crippen molar-refractivity contribution < 1.29 is 24.5 Å². The Morgan fingerprint density at radius 1 is 1.07 bits per heavy atom. The molecule has 4 rings (SSSR count). The Morgan fingerprint density at radius 2 is 1.78 bits per heavy atom. The highest BCUT2D eigenvalue weighted by atomic mass is 16.5. The Balaban J connectivity index is 1.79. The molecule has 0 spiro atoms. The maximum atomic E-state index is 11.4. The van der Waals surface area contributed by atoms with Crippen LogP contribution >= 0.6 is 0 Å². The van der Waals surface area contributed by atoms with Crippen molar-refractivity contribution >= 4 is 17.6 Å². The molecule has 1 heterocycles. The first kappa shape index (κ1) is 17.1. The fraction of sp³-hybridized carbons (Fsp3) is 0.238. The summed E-state index contributed by atoms with van der Waals surface area (Å²) in [5, 5.41) is 25.8. The summed E-state index contributed by atoms with van der Waals surface area (Å²) in [5.74, 6) is -1.77. The summed E-state index contributed by atoms with van der Waals surface area (Å²) in [7, 11) is 1.50. The Labute approximate surface area is 156 Å². The molecule has 1 N–H and O–H groups in total.